The summed E-state index contributed by atoms with van der Waals surface area (Å²) in [5, 5.41) is 2.83. The van der Waals surface area contributed by atoms with Gasteiger partial charge in [0.05, 0.1) is 25.5 Å². The van der Waals surface area contributed by atoms with E-state index in [2.05, 4.69) is 5.32 Å². The maximum Gasteiger partial charge on any atom is 0.258 e. The van der Waals surface area contributed by atoms with Crippen LogP contribution in [0.2, 0.25) is 0 Å². The van der Waals surface area contributed by atoms with E-state index in [9.17, 15) is 9.59 Å². The van der Waals surface area contributed by atoms with Gasteiger partial charge >= 0.3 is 0 Å². The highest BCUT2D eigenvalue weighted by atomic mass is 16.5. The predicted molar refractivity (Wildman–Crippen MR) is 87.6 cm³/mol. The van der Waals surface area contributed by atoms with Crippen LogP contribution in [0.3, 0.4) is 0 Å². The fraction of sp³-hybridized carbons (Fsp3) is 0.333. The molecule has 0 spiro atoms. The monoisotopic (exact) mass is 328 g/mol. The van der Waals surface area contributed by atoms with E-state index in [1.807, 2.05) is 6.07 Å². The lowest BCUT2D eigenvalue weighted by Gasteiger charge is -2.24. The van der Waals surface area contributed by atoms with Crippen LogP contribution in [0.25, 0.3) is 0 Å². The van der Waals surface area contributed by atoms with E-state index in [4.69, 9.17) is 9.15 Å². The zero-order chi connectivity index (χ0) is 16.9. The number of carbonyl (C=O) groups excluding carboxylic acids is 2. The quantitative estimate of drug-likeness (QED) is 0.913. The van der Waals surface area contributed by atoms with E-state index in [0.29, 0.717) is 36.6 Å². The number of rotatable bonds is 5. The van der Waals surface area contributed by atoms with Gasteiger partial charge in [-0.1, -0.05) is 12.1 Å². The maximum absolute atomic E-state index is 12.8. The van der Waals surface area contributed by atoms with Crippen molar-refractivity contribution in [2.24, 2.45) is 0 Å². The van der Waals surface area contributed by atoms with Gasteiger partial charge in [-0.25, -0.2) is 0 Å². The van der Waals surface area contributed by atoms with Gasteiger partial charge in [0.15, 0.2) is 0 Å². The molecule has 1 aromatic carbocycles. The van der Waals surface area contributed by atoms with Crippen LogP contribution in [0, 0.1) is 0 Å². The minimum absolute atomic E-state index is 0.160. The van der Waals surface area contributed by atoms with E-state index in [-0.39, 0.29) is 11.8 Å². The summed E-state index contributed by atoms with van der Waals surface area (Å²) in [5.74, 6) is 0.864. The smallest absolute Gasteiger partial charge is 0.258 e. The minimum Gasteiger partial charge on any atom is -0.496 e. The first-order valence-corrected chi connectivity index (χ1v) is 7.95. The fourth-order valence-corrected chi connectivity index (χ4v) is 2.96. The molecule has 6 heteroatoms. The largest absolute Gasteiger partial charge is 0.496 e. The van der Waals surface area contributed by atoms with Gasteiger partial charge in [0.1, 0.15) is 17.6 Å². The average molecular weight is 328 g/mol. The van der Waals surface area contributed by atoms with Crippen molar-refractivity contribution in [1.29, 1.82) is 0 Å². The Morgan fingerprint density at radius 1 is 1.29 bits per heavy atom. The van der Waals surface area contributed by atoms with E-state index >= 15 is 0 Å². The van der Waals surface area contributed by atoms with Gasteiger partial charge < -0.3 is 19.4 Å². The summed E-state index contributed by atoms with van der Waals surface area (Å²) in [6.07, 6.45) is 3.03. The highest BCUT2D eigenvalue weighted by Crippen LogP contribution is 2.25. The van der Waals surface area contributed by atoms with Crippen LogP contribution in [-0.2, 0) is 11.3 Å². The molecule has 0 bridgehead atoms. The average Bonchev–Trinajstić information content (AvgIpc) is 3.30. The Morgan fingerprint density at radius 3 is 2.88 bits per heavy atom. The first-order chi connectivity index (χ1) is 11.7. The number of amides is 2. The van der Waals surface area contributed by atoms with Crippen molar-refractivity contribution < 1.29 is 18.7 Å². The molecule has 2 amide bonds. The standard InChI is InChI=1S/C18H20N2O4/c1-23-16-9-3-2-7-14(16)18(22)20-10-4-8-15(20)17(21)19-12-13-6-5-11-24-13/h2-3,5-7,9,11,15H,4,8,10,12H2,1H3,(H,19,21). The zero-order valence-corrected chi connectivity index (χ0v) is 13.5. The third kappa shape index (κ3) is 3.27. The van der Waals surface area contributed by atoms with Crippen molar-refractivity contribution in [3.63, 3.8) is 0 Å². The van der Waals surface area contributed by atoms with Gasteiger partial charge in [0.2, 0.25) is 5.91 Å². The summed E-state index contributed by atoms with van der Waals surface area (Å²) in [5.41, 5.74) is 0.478. The fourth-order valence-electron chi connectivity index (χ4n) is 2.96. The second-order valence-electron chi connectivity index (χ2n) is 5.65. The number of hydrogen-bond donors (Lipinski definition) is 1. The lowest BCUT2D eigenvalue weighted by atomic mass is 10.1. The second kappa shape index (κ2) is 7.21. The van der Waals surface area contributed by atoms with Gasteiger partial charge in [0, 0.05) is 6.54 Å². The third-order valence-electron chi connectivity index (χ3n) is 4.17. The van der Waals surface area contributed by atoms with E-state index in [1.54, 1.807) is 41.5 Å². The van der Waals surface area contributed by atoms with Gasteiger partial charge in [-0.2, -0.15) is 0 Å². The number of hydrogen-bond acceptors (Lipinski definition) is 4. The number of carbonyl (C=O) groups is 2. The molecule has 1 aliphatic heterocycles. The molecule has 1 unspecified atom stereocenters. The van der Waals surface area contributed by atoms with Crippen molar-refractivity contribution in [1.82, 2.24) is 10.2 Å². The number of methoxy groups -OCH3 is 1. The van der Waals surface area contributed by atoms with Crippen molar-refractivity contribution in [3.8, 4) is 5.75 Å². The summed E-state index contributed by atoms with van der Waals surface area (Å²) in [7, 11) is 1.53. The summed E-state index contributed by atoms with van der Waals surface area (Å²) in [4.78, 5) is 26.9. The Balaban J connectivity index is 1.70. The Morgan fingerprint density at radius 2 is 2.12 bits per heavy atom. The van der Waals surface area contributed by atoms with Gasteiger partial charge in [-0.15, -0.1) is 0 Å². The van der Waals surface area contributed by atoms with Gasteiger partial charge in [0.25, 0.3) is 5.91 Å². The molecule has 2 aromatic rings. The zero-order valence-electron chi connectivity index (χ0n) is 13.5. The molecule has 24 heavy (non-hydrogen) atoms. The topological polar surface area (TPSA) is 71.8 Å². The SMILES string of the molecule is COc1ccccc1C(=O)N1CCCC1C(=O)NCc1ccco1. The van der Waals surface area contributed by atoms with Crippen molar-refractivity contribution in [2.75, 3.05) is 13.7 Å². The second-order valence-corrected chi connectivity index (χ2v) is 5.65. The Kier molecular flexibility index (Phi) is 4.84. The third-order valence-corrected chi connectivity index (χ3v) is 4.17. The molecule has 1 aliphatic rings. The van der Waals surface area contributed by atoms with E-state index in [0.717, 1.165) is 6.42 Å². The predicted octanol–water partition coefficient (Wildman–Crippen LogP) is 2.21. The van der Waals surface area contributed by atoms with Gasteiger partial charge in [-0.3, -0.25) is 9.59 Å². The van der Waals surface area contributed by atoms with Crippen LogP contribution in [0.4, 0.5) is 0 Å². The number of benzene rings is 1. The number of nitrogens with zero attached hydrogens (tertiary/aromatic N) is 1. The molecule has 1 aromatic heterocycles. The van der Waals surface area contributed by atoms with E-state index < -0.39 is 6.04 Å². The number of likely N-dealkylation sites (tertiary alicyclic amines) is 1. The lowest BCUT2D eigenvalue weighted by molar-refractivity contribution is -0.125. The summed E-state index contributed by atoms with van der Waals surface area (Å²) in [6, 6.07) is 10.2. The van der Waals surface area contributed by atoms with Crippen LogP contribution in [0.1, 0.15) is 29.0 Å². The molecule has 3 rings (SSSR count). The molecule has 1 fully saturated rings. The first kappa shape index (κ1) is 16.1. The number of ether oxygens (including phenoxy) is 1. The molecule has 1 N–H and O–H groups in total. The molecule has 0 saturated carbocycles. The van der Waals surface area contributed by atoms with E-state index in [1.165, 1.54) is 7.11 Å². The van der Waals surface area contributed by atoms with Crippen LogP contribution in [-0.4, -0.2) is 36.4 Å². The molecule has 1 saturated heterocycles. The maximum atomic E-state index is 12.8. The minimum atomic E-state index is -0.461. The highest BCUT2D eigenvalue weighted by Gasteiger charge is 2.35. The molecular formula is C18H20N2O4. The molecule has 126 valence electrons. The van der Waals surface area contributed by atoms with Gasteiger partial charge in [-0.05, 0) is 37.1 Å². The van der Waals surface area contributed by atoms with Crippen LogP contribution in [0.5, 0.6) is 5.75 Å². The molecule has 0 radical (unpaired) electrons. The normalized spacial score (nSPS) is 16.9. The highest BCUT2D eigenvalue weighted by molar-refractivity contribution is 6.00. The molecule has 6 nitrogen and oxygen atoms in total. The van der Waals surface area contributed by atoms with Crippen molar-refractivity contribution in [2.45, 2.75) is 25.4 Å². The molecule has 1 atom stereocenters. The Bertz CT molecular complexity index is 712. The molecular weight excluding hydrogens is 308 g/mol. The van der Waals surface area contributed by atoms with Crippen LogP contribution < -0.4 is 10.1 Å². The summed E-state index contributed by atoms with van der Waals surface area (Å²) < 4.78 is 10.5. The van der Waals surface area contributed by atoms with Crippen molar-refractivity contribution in [3.05, 3.63) is 54.0 Å². The Labute approximate surface area is 140 Å². The number of nitrogens with one attached hydrogen (secondary N) is 1. The number of para-hydroxylation sites is 1. The van der Waals surface area contributed by atoms with Crippen LogP contribution >= 0.6 is 0 Å². The first-order valence-electron chi connectivity index (χ1n) is 7.95. The van der Waals surface area contributed by atoms with Crippen molar-refractivity contribution >= 4 is 11.8 Å². The summed E-state index contributed by atoms with van der Waals surface area (Å²) in [6.45, 7) is 0.884. The molecule has 2 heterocycles. The Hall–Kier alpha value is -2.76. The summed E-state index contributed by atoms with van der Waals surface area (Å²) >= 11 is 0. The lowest BCUT2D eigenvalue weighted by Crippen LogP contribution is -2.45. The van der Waals surface area contributed by atoms with Crippen LogP contribution in [0.15, 0.2) is 47.1 Å². The molecule has 0 aliphatic carbocycles. The number of furan rings is 1.